The molecule has 0 saturated carbocycles. The highest BCUT2D eigenvalue weighted by atomic mass is 35.5. The van der Waals surface area contributed by atoms with Crippen LogP contribution in [0.15, 0.2) is 41.2 Å². The fraction of sp³-hybridized carbons (Fsp3) is 0.0769. The number of hydrogen-bond donors (Lipinski definition) is 2. The van der Waals surface area contributed by atoms with E-state index in [1.807, 2.05) is 13.0 Å². The number of aromatic amines is 1. The maximum atomic E-state index is 11.9. The first kappa shape index (κ1) is 12.4. The van der Waals surface area contributed by atoms with Gasteiger partial charge in [0.1, 0.15) is 5.69 Å². The SMILES string of the molecule is Cc1cccc(Cl)c1NC(=O)c1cccc(=O)[nH]1. The van der Waals surface area contributed by atoms with E-state index in [0.717, 1.165) is 5.56 Å². The molecule has 0 spiro atoms. The number of benzene rings is 1. The minimum absolute atomic E-state index is 0.196. The molecule has 1 aromatic heterocycles. The number of H-pyrrole nitrogens is 1. The van der Waals surface area contributed by atoms with E-state index in [9.17, 15) is 9.59 Å². The summed E-state index contributed by atoms with van der Waals surface area (Å²) in [5.41, 5.74) is 1.28. The van der Waals surface area contributed by atoms with Crippen LogP contribution in [-0.2, 0) is 0 Å². The van der Waals surface area contributed by atoms with Gasteiger partial charge in [-0.2, -0.15) is 0 Å². The van der Waals surface area contributed by atoms with Crippen molar-refractivity contribution in [1.82, 2.24) is 4.98 Å². The van der Waals surface area contributed by atoms with E-state index in [-0.39, 0.29) is 11.3 Å². The van der Waals surface area contributed by atoms with Gasteiger partial charge >= 0.3 is 0 Å². The van der Waals surface area contributed by atoms with Gasteiger partial charge in [-0.25, -0.2) is 0 Å². The molecule has 18 heavy (non-hydrogen) atoms. The van der Waals surface area contributed by atoms with Gasteiger partial charge in [0.05, 0.1) is 10.7 Å². The molecule has 4 nitrogen and oxygen atoms in total. The Kier molecular flexibility index (Phi) is 3.48. The van der Waals surface area contributed by atoms with E-state index in [4.69, 9.17) is 11.6 Å². The Labute approximate surface area is 109 Å². The minimum atomic E-state index is -0.399. The highest BCUT2D eigenvalue weighted by molar-refractivity contribution is 6.34. The standard InChI is InChI=1S/C13H11ClN2O2/c1-8-4-2-5-9(14)12(8)16-13(18)10-6-3-7-11(17)15-10/h2-7H,1H3,(H,15,17)(H,16,18). The Hall–Kier alpha value is -2.07. The van der Waals surface area contributed by atoms with Crippen LogP contribution in [0.1, 0.15) is 16.1 Å². The monoisotopic (exact) mass is 262 g/mol. The molecule has 1 amide bonds. The van der Waals surface area contributed by atoms with Crippen LogP contribution < -0.4 is 10.9 Å². The number of carbonyl (C=O) groups is 1. The molecule has 0 fully saturated rings. The molecule has 1 aromatic carbocycles. The Balaban J connectivity index is 2.30. The molecule has 0 radical (unpaired) electrons. The van der Waals surface area contributed by atoms with Gasteiger partial charge < -0.3 is 10.3 Å². The number of hydrogen-bond acceptors (Lipinski definition) is 2. The third-order valence-corrected chi connectivity index (χ3v) is 2.79. The zero-order chi connectivity index (χ0) is 13.1. The van der Waals surface area contributed by atoms with Gasteiger partial charge in [-0.3, -0.25) is 9.59 Å². The Morgan fingerprint density at radius 3 is 2.61 bits per heavy atom. The highest BCUT2D eigenvalue weighted by Gasteiger charge is 2.10. The van der Waals surface area contributed by atoms with Crippen molar-refractivity contribution >= 4 is 23.2 Å². The molecule has 2 aromatic rings. The van der Waals surface area contributed by atoms with Crippen molar-refractivity contribution < 1.29 is 4.79 Å². The molecule has 0 bridgehead atoms. The number of anilines is 1. The van der Waals surface area contributed by atoms with Crippen molar-refractivity contribution in [2.75, 3.05) is 5.32 Å². The smallest absolute Gasteiger partial charge is 0.272 e. The molecular weight excluding hydrogens is 252 g/mol. The number of carbonyl (C=O) groups excluding carboxylic acids is 1. The summed E-state index contributed by atoms with van der Waals surface area (Å²) in [5.74, 6) is -0.399. The Bertz CT molecular complexity index is 629. The molecule has 0 aliphatic heterocycles. The van der Waals surface area contributed by atoms with Crippen LogP contribution in [-0.4, -0.2) is 10.9 Å². The van der Waals surface area contributed by atoms with Crippen molar-refractivity contribution in [3.63, 3.8) is 0 Å². The van der Waals surface area contributed by atoms with Crippen molar-refractivity contribution in [3.05, 3.63) is 63.0 Å². The maximum Gasteiger partial charge on any atom is 0.272 e. The Morgan fingerprint density at radius 1 is 1.22 bits per heavy atom. The van der Waals surface area contributed by atoms with Gasteiger partial charge in [0.2, 0.25) is 5.56 Å². The summed E-state index contributed by atoms with van der Waals surface area (Å²) in [7, 11) is 0. The van der Waals surface area contributed by atoms with E-state index >= 15 is 0 Å². The quantitative estimate of drug-likeness (QED) is 0.874. The van der Waals surface area contributed by atoms with Crippen LogP contribution in [0.25, 0.3) is 0 Å². The third-order valence-electron chi connectivity index (χ3n) is 2.47. The first-order valence-electron chi connectivity index (χ1n) is 5.34. The molecule has 5 heteroatoms. The number of halogens is 1. The summed E-state index contributed by atoms with van der Waals surface area (Å²) in [5, 5.41) is 3.14. The summed E-state index contributed by atoms with van der Waals surface area (Å²) in [6.07, 6.45) is 0. The van der Waals surface area contributed by atoms with Crippen molar-refractivity contribution in [2.24, 2.45) is 0 Å². The molecule has 0 saturated heterocycles. The van der Waals surface area contributed by atoms with Crippen LogP contribution in [0.4, 0.5) is 5.69 Å². The van der Waals surface area contributed by atoms with Gasteiger partial charge in [-0.15, -0.1) is 0 Å². The predicted octanol–water partition coefficient (Wildman–Crippen LogP) is 2.59. The number of aryl methyl sites for hydroxylation is 1. The normalized spacial score (nSPS) is 10.1. The molecule has 2 rings (SSSR count). The average molecular weight is 263 g/mol. The predicted molar refractivity (Wildman–Crippen MR) is 71.2 cm³/mol. The lowest BCUT2D eigenvalue weighted by molar-refractivity contribution is 0.102. The molecule has 92 valence electrons. The van der Waals surface area contributed by atoms with Gasteiger partial charge in [0, 0.05) is 6.07 Å². The maximum absolute atomic E-state index is 11.9. The van der Waals surface area contributed by atoms with E-state index < -0.39 is 5.91 Å². The van der Waals surface area contributed by atoms with Crippen LogP contribution >= 0.6 is 11.6 Å². The summed E-state index contributed by atoms with van der Waals surface area (Å²) < 4.78 is 0. The summed E-state index contributed by atoms with van der Waals surface area (Å²) in [6, 6.07) is 9.73. The van der Waals surface area contributed by atoms with Crippen molar-refractivity contribution in [3.8, 4) is 0 Å². The van der Waals surface area contributed by atoms with Crippen LogP contribution in [0.2, 0.25) is 5.02 Å². The number of aromatic nitrogens is 1. The fourth-order valence-electron chi connectivity index (χ4n) is 1.55. The zero-order valence-electron chi connectivity index (χ0n) is 9.66. The zero-order valence-corrected chi connectivity index (χ0v) is 10.4. The van der Waals surface area contributed by atoms with Crippen molar-refractivity contribution in [2.45, 2.75) is 6.92 Å². The second kappa shape index (κ2) is 5.06. The number of pyridine rings is 1. The number of amides is 1. The third kappa shape index (κ3) is 2.60. The largest absolute Gasteiger partial charge is 0.319 e. The Morgan fingerprint density at radius 2 is 1.94 bits per heavy atom. The summed E-state index contributed by atoms with van der Waals surface area (Å²) in [4.78, 5) is 25.5. The molecular formula is C13H11ClN2O2. The van der Waals surface area contributed by atoms with Gasteiger partial charge in [0.15, 0.2) is 0 Å². The topological polar surface area (TPSA) is 62.0 Å². The molecule has 0 unspecified atom stereocenters. The average Bonchev–Trinajstić information content (AvgIpc) is 2.34. The van der Waals surface area contributed by atoms with E-state index in [2.05, 4.69) is 10.3 Å². The fourth-order valence-corrected chi connectivity index (χ4v) is 1.82. The first-order valence-corrected chi connectivity index (χ1v) is 5.71. The second-order valence-corrected chi connectivity index (χ2v) is 4.22. The number of para-hydroxylation sites is 1. The van der Waals surface area contributed by atoms with Crippen LogP contribution in [0.3, 0.4) is 0 Å². The van der Waals surface area contributed by atoms with Gasteiger partial charge in [-0.05, 0) is 24.6 Å². The molecule has 0 aliphatic rings. The van der Waals surface area contributed by atoms with Crippen LogP contribution in [0, 0.1) is 6.92 Å². The lowest BCUT2D eigenvalue weighted by atomic mass is 10.2. The first-order chi connectivity index (χ1) is 8.58. The van der Waals surface area contributed by atoms with E-state index in [1.54, 1.807) is 12.1 Å². The lowest BCUT2D eigenvalue weighted by Crippen LogP contribution is -2.18. The summed E-state index contributed by atoms with van der Waals surface area (Å²) >= 11 is 6.01. The van der Waals surface area contributed by atoms with Crippen LogP contribution in [0.5, 0.6) is 0 Å². The van der Waals surface area contributed by atoms with Crippen molar-refractivity contribution in [1.29, 1.82) is 0 Å². The van der Waals surface area contributed by atoms with E-state index in [0.29, 0.717) is 10.7 Å². The molecule has 1 heterocycles. The summed E-state index contributed by atoms with van der Waals surface area (Å²) in [6.45, 7) is 1.84. The highest BCUT2D eigenvalue weighted by Crippen LogP contribution is 2.25. The minimum Gasteiger partial charge on any atom is -0.319 e. The number of nitrogens with one attached hydrogen (secondary N) is 2. The second-order valence-electron chi connectivity index (χ2n) is 3.81. The van der Waals surface area contributed by atoms with E-state index in [1.165, 1.54) is 18.2 Å². The lowest BCUT2D eigenvalue weighted by Gasteiger charge is -2.09. The van der Waals surface area contributed by atoms with Gasteiger partial charge in [0.25, 0.3) is 5.91 Å². The molecule has 0 atom stereocenters. The molecule has 2 N–H and O–H groups in total. The number of rotatable bonds is 2. The van der Waals surface area contributed by atoms with Gasteiger partial charge in [-0.1, -0.05) is 29.8 Å². The molecule has 0 aliphatic carbocycles.